The molecule has 10 rings (SSSR count). The first-order valence-electron chi connectivity index (χ1n) is 16.7. The molecule has 0 aliphatic carbocycles. The van der Waals surface area contributed by atoms with Crippen molar-refractivity contribution in [1.82, 2.24) is 0 Å². The van der Waals surface area contributed by atoms with E-state index in [1.807, 2.05) is 0 Å². The Hall–Kier alpha value is -6.24. The van der Waals surface area contributed by atoms with Gasteiger partial charge < -0.3 is 0 Å². The molecule has 0 atom stereocenters. The predicted octanol–water partition coefficient (Wildman–Crippen LogP) is 13.6. The predicted molar refractivity (Wildman–Crippen MR) is 208 cm³/mol. The van der Waals surface area contributed by atoms with E-state index >= 15 is 0 Å². The van der Waals surface area contributed by atoms with Crippen molar-refractivity contribution in [3.8, 4) is 33.4 Å². The van der Waals surface area contributed by atoms with E-state index in [1.54, 1.807) is 0 Å². The quantitative estimate of drug-likeness (QED) is 0.176. The average Bonchev–Trinajstić information content (AvgIpc) is 3.17. The highest BCUT2D eigenvalue weighted by Gasteiger charge is 2.16. The first-order chi connectivity index (χ1) is 23.8. The smallest absolute Gasteiger partial charge is 0.00928 e. The summed E-state index contributed by atoms with van der Waals surface area (Å²) in [4.78, 5) is 0. The Labute approximate surface area is 279 Å². The van der Waals surface area contributed by atoms with Crippen LogP contribution in [0.4, 0.5) is 0 Å². The highest BCUT2D eigenvalue weighted by Crippen LogP contribution is 2.43. The van der Waals surface area contributed by atoms with E-state index in [1.165, 1.54) is 98.0 Å². The summed E-state index contributed by atoms with van der Waals surface area (Å²) in [6.07, 6.45) is 0. The Bertz CT molecular complexity index is 2840. The minimum absolute atomic E-state index is 1.23. The van der Waals surface area contributed by atoms with Crippen LogP contribution in [0.5, 0.6) is 0 Å². The maximum atomic E-state index is 2.42. The molecule has 0 saturated heterocycles. The van der Waals surface area contributed by atoms with Crippen molar-refractivity contribution in [2.24, 2.45) is 0 Å². The van der Waals surface area contributed by atoms with E-state index < -0.39 is 0 Å². The minimum Gasteiger partial charge on any atom is -0.0616 e. The third-order valence-corrected chi connectivity index (χ3v) is 10.3. The Morgan fingerprint density at radius 1 is 0.188 bits per heavy atom. The Balaban J connectivity index is 1.28. The second kappa shape index (κ2) is 10.7. The van der Waals surface area contributed by atoms with Gasteiger partial charge >= 0.3 is 0 Å². The van der Waals surface area contributed by atoms with Gasteiger partial charge in [0.05, 0.1) is 0 Å². The van der Waals surface area contributed by atoms with Gasteiger partial charge in [-0.1, -0.05) is 170 Å². The Kier molecular flexibility index (Phi) is 5.98. The zero-order valence-corrected chi connectivity index (χ0v) is 26.3. The van der Waals surface area contributed by atoms with Crippen LogP contribution >= 0.6 is 0 Å². The highest BCUT2D eigenvalue weighted by atomic mass is 14.2. The molecule has 0 fully saturated rings. The number of rotatable bonds is 3. The molecule has 0 heterocycles. The van der Waals surface area contributed by atoms with Gasteiger partial charge in [0.25, 0.3) is 0 Å². The molecule has 0 amide bonds. The molecule has 0 heteroatoms. The molecule has 10 aromatic carbocycles. The van der Waals surface area contributed by atoms with E-state index in [0.717, 1.165) is 0 Å². The summed E-state index contributed by atoms with van der Waals surface area (Å²) in [6, 6.07) is 67.2. The summed E-state index contributed by atoms with van der Waals surface area (Å²) >= 11 is 0. The third-order valence-electron chi connectivity index (χ3n) is 10.3. The van der Waals surface area contributed by atoms with Crippen molar-refractivity contribution < 1.29 is 0 Å². The lowest BCUT2D eigenvalue weighted by Gasteiger charge is -2.17. The number of hydrogen-bond acceptors (Lipinski definition) is 0. The summed E-state index contributed by atoms with van der Waals surface area (Å²) in [5.74, 6) is 0. The second-order valence-corrected chi connectivity index (χ2v) is 12.8. The van der Waals surface area contributed by atoms with Crippen LogP contribution in [0.3, 0.4) is 0 Å². The second-order valence-electron chi connectivity index (χ2n) is 12.8. The summed E-state index contributed by atoms with van der Waals surface area (Å²) in [7, 11) is 0. The van der Waals surface area contributed by atoms with Crippen LogP contribution in [0, 0.1) is 0 Å². The average molecular weight is 607 g/mol. The molecule has 0 N–H and O–H groups in total. The molecule has 0 spiro atoms. The largest absolute Gasteiger partial charge is 0.0616 e. The van der Waals surface area contributed by atoms with E-state index in [2.05, 4.69) is 182 Å². The molecule has 0 aliphatic rings. The van der Waals surface area contributed by atoms with Crippen LogP contribution < -0.4 is 0 Å². The summed E-state index contributed by atoms with van der Waals surface area (Å²) < 4.78 is 0. The monoisotopic (exact) mass is 606 g/mol. The lowest BCUT2D eigenvalue weighted by molar-refractivity contribution is 1.64. The SMILES string of the molecule is c1ccc2c(-c3ccc4c(-c5cccc6ccccc56)ccc(-c5ccc6c7ccccc7c7ccccc7c6c5)c4c3)cccc2c1. The molecule has 0 bridgehead atoms. The Morgan fingerprint density at radius 2 is 0.562 bits per heavy atom. The van der Waals surface area contributed by atoms with Gasteiger partial charge in [0.1, 0.15) is 0 Å². The molecule has 0 unspecified atom stereocenters. The van der Waals surface area contributed by atoms with Gasteiger partial charge in [-0.05, 0) is 110 Å². The van der Waals surface area contributed by atoms with E-state index in [-0.39, 0.29) is 0 Å². The van der Waals surface area contributed by atoms with E-state index in [4.69, 9.17) is 0 Å². The lowest BCUT2D eigenvalue weighted by Crippen LogP contribution is -1.90. The van der Waals surface area contributed by atoms with E-state index in [9.17, 15) is 0 Å². The number of fused-ring (bicyclic) bond motifs is 9. The topological polar surface area (TPSA) is 0 Å². The lowest BCUT2D eigenvalue weighted by atomic mass is 9.87. The standard InChI is InChI=1S/C48H30/c1-3-15-35-31(11-1)13-9-21-37(35)33-23-26-46-44(39-22-10-14-32-12-2-4-16-36(32)39)28-27-38(47(46)29-33)34-24-25-45-42-19-6-5-17-40(42)41-18-7-8-20-43(41)48(45)30-34/h1-30H. The van der Waals surface area contributed by atoms with Crippen molar-refractivity contribution in [1.29, 1.82) is 0 Å². The third kappa shape index (κ3) is 4.10. The van der Waals surface area contributed by atoms with Crippen molar-refractivity contribution in [3.05, 3.63) is 182 Å². The van der Waals surface area contributed by atoms with Crippen molar-refractivity contribution in [3.63, 3.8) is 0 Å². The highest BCUT2D eigenvalue weighted by molar-refractivity contribution is 6.26. The molecule has 10 aromatic rings. The molecule has 48 heavy (non-hydrogen) atoms. The fourth-order valence-corrected chi connectivity index (χ4v) is 8.01. The molecule has 0 saturated carbocycles. The first kappa shape index (κ1) is 26.9. The van der Waals surface area contributed by atoms with Crippen LogP contribution in [-0.4, -0.2) is 0 Å². The Morgan fingerprint density at radius 3 is 1.19 bits per heavy atom. The number of benzene rings is 10. The molecule has 0 aromatic heterocycles. The molecule has 222 valence electrons. The minimum atomic E-state index is 1.23. The van der Waals surface area contributed by atoms with Crippen LogP contribution in [0.2, 0.25) is 0 Å². The van der Waals surface area contributed by atoms with Crippen molar-refractivity contribution in [2.75, 3.05) is 0 Å². The van der Waals surface area contributed by atoms with Crippen molar-refractivity contribution in [2.45, 2.75) is 0 Å². The molecule has 0 nitrogen and oxygen atoms in total. The van der Waals surface area contributed by atoms with Gasteiger partial charge in [-0.3, -0.25) is 0 Å². The van der Waals surface area contributed by atoms with E-state index in [0.29, 0.717) is 0 Å². The maximum absolute atomic E-state index is 2.42. The zero-order valence-electron chi connectivity index (χ0n) is 26.3. The first-order valence-corrected chi connectivity index (χ1v) is 16.7. The number of hydrogen-bond donors (Lipinski definition) is 0. The van der Waals surface area contributed by atoms with Gasteiger partial charge in [-0.2, -0.15) is 0 Å². The van der Waals surface area contributed by atoms with Gasteiger partial charge in [-0.25, -0.2) is 0 Å². The van der Waals surface area contributed by atoms with Gasteiger partial charge in [-0.15, -0.1) is 0 Å². The molecular formula is C48H30. The van der Waals surface area contributed by atoms with Crippen LogP contribution in [-0.2, 0) is 0 Å². The van der Waals surface area contributed by atoms with Crippen LogP contribution in [0.1, 0.15) is 0 Å². The molecule has 0 radical (unpaired) electrons. The summed E-state index contributed by atoms with van der Waals surface area (Å²) in [5, 5.41) is 15.4. The fourth-order valence-electron chi connectivity index (χ4n) is 8.01. The van der Waals surface area contributed by atoms with Crippen LogP contribution in [0.15, 0.2) is 182 Å². The van der Waals surface area contributed by atoms with Gasteiger partial charge in [0, 0.05) is 0 Å². The van der Waals surface area contributed by atoms with Gasteiger partial charge in [0.15, 0.2) is 0 Å². The normalized spacial score (nSPS) is 11.8. The van der Waals surface area contributed by atoms with Crippen LogP contribution in [0.25, 0.3) is 98.0 Å². The zero-order chi connectivity index (χ0) is 31.6. The summed E-state index contributed by atoms with van der Waals surface area (Å²) in [6.45, 7) is 0. The fraction of sp³-hybridized carbons (Fsp3) is 0. The molecule has 0 aliphatic heterocycles. The maximum Gasteiger partial charge on any atom is -0.00928 e. The van der Waals surface area contributed by atoms with Gasteiger partial charge in [0.2, 0.25) is 0 Å². The summed E-state index contributed by atoms with van der Waals surface area (Å²) in [5.41, 5.74) is 7.48. The van der Waals surface area contributed by atoms with Crippen molar-refractivity contribution >= 4 is 64.6 Å². The molecular weight excluding hydrogens is 577 g/mol.